The third kappa shape index (κ3) is 6.95. The van der Waals surface area contributed by atoms with Crippen LogP contribution in [0.5, 0.6) is 0 Å². The second-order valence-corrected chi connectivity index (χ2v) is 7.35. The van der Waals surface area contributed by atoms with Crippen molar-refractivity contribution in [1.29, 1.82) is 0 Å². The number of hydrogen-bond donors (Lipinski definition) is 1. The molecule has 0 unspecified atom stereocenters. The topological polar surface area (TPSA) is 41.6 Å². The summed E-state index contributed by atoms with van der Waals surface area (Å²) in [6.45, 7) is 17.9. The summed E-state index contributed by atoms with van der Waals surface area (Å²) in [7, 11) is 1.62. The number of benzene rings is 2. The summed E-state index contributed by atoms with van der Waals surface area (Å²) in [5.74, 6) is 0. The lowest BCUT2D eigenvalue weighted by Crippen LogP contribution is -2.28. The normalized spacial score (nSPS) is 14.5. The van der Waals surface area contributed by atoms with Crippen molar-refractivity contribution in [2.45, 2.75) is 41.5 Å². The Morgan fingerprint density at radius 1 is 1.00 bits per heavy atom. The van der Waals surface area contributed by atoms with Crippen LogP contribution < -0.4 is 10.6 Å². The Balaban J connectivity index is 0.000000872. The number of likely N-dealkylation sites (N-methyl/N-ethyl adjacent to an activating group) is 1. The SMILES string of the molecule is C=C(/C=C/C(C)=C/C)C1=C(c2ccccc2)c2ccccc2N(CC)C1=CC.CC.CN=CN. The van der Waals surface area contributed by atoms with E-state index in [0.29, 0.717) is 0 Å². The van der Waals surface area contributed by atoms with Crippen LogP contribution in [0.1, 0.15) is 52.7 Å². The highest BCUT2D eigenvalue weighted by Gasteiger charge is 2.28. The van der Waals surface area contributed by atoms with E-state index in [1.807, 2.05) is 13.8 Å². The van der Waals surface area contributed by atoms with Gasteiger partial charge in [-0.3, -0.25) is 4.99 Å². The van der Waals surface area contributed by atoms with Crippen LogP contribution in [0.4, 0.5) is 5.69 Å². The quantitative estimate of drug-likeness (QED) is 0.282. The summed E-state index contributed by atoms with van der Waals surface area (Å²) in [4.78, 5) is 5.78. The number of aliphatic imine (C=N–C) groups is 1. The highest BCUT2D eigenvalue weighted by Crippen LogP contribution is 2.45. The molecule has 0 saturated carbocycles. The lowest BCUT2D eigenvalue weighted by Gasteiger charge is -2.36. The van der Waals surface area contributed by atoms with Gasteiger partial charge < -0.3 is 10.6 Å². The van der Waals surface area contributed by atoms with E-state index < -0.39 is 0 Å². The van der Waals surface area contributed by atoms with E-state index >= 15 is 0 Å². The highest BCUT2D eigenvalue weighted by molar-refractivity contribution is 5.97. The summed E-state index contributed by atoms with van der Waals surface area (Å²) >= 11 is 0. The number of nitrogens with zero attached hydrogens (tertiary/aromatic N) is 2. The van der Waals surface area contributed by atoms with Gasteiger partial charge in [-0.2, -0.15) is 0 Å². The van der Waals surface area contributed by atoms with Gasteiger partial charge in [-0.25, -0.2) is 0 Å². The zero-order chi connectivity index (χ0) is 25.5. The van der Waals surface area contributed by atoms with Gasteiger partial charge >= 0.3 is 0 Å². The lowest BCUT2D eigenvalue weighted by atomic mass is 9.83. The molecule has 0 saturated heterocycles. The maximum absolute atomic E-state index is 4.74. The Morgan fingerprint density at radius 3 is 2.12 bits per heavy atom. The standard InChI is InChI=1S/C27H29N.C2H6N2.C2H6/c1-6-20(4)18-19-21(5)26-24(7-2)28(8-3)25-17-13-12-16-23(25)27(26)22-14-10-9-11-15-22;1-4-2-3;1-2/h6-7,9-19H,5,8H2,1-4H3;2H,1H3,(H2,3,4);1-2H3/b19-18+,20-6+,24-7?;;. The largest absolute Gasteiger partial charge is 0.390 e. The molecule has 1 heterocycles. The van der Waals surface area contributed by atoms with Gasteiger partial charge in [-0.05, 0) is 44.9 Å². The van der Waals surface area contributed by atoms with Gasteiger partial charge in [0.25, 0.3) is 0 Å². The van der Waals surface area contributed by atoms with Crippen molar-refractivity contribution < 1.29 is 0 Å². The van der Waals surface area contributed by atoms with Gasteiger partial charge in [0.2, 0.25) is 0 Å². The fourth-order valence-corrected chi connectivity index (χ4v) is 3.73. The van der Waals surface area contributed by atoms with Crippen LogP contribution in [0, 0.1) is 0 Å². The molecule has 3 nitrogen and oxygen atoms in total. The number of nitrogens with two attached hydrogens (primary N) is 1. The van der Waals surface area contributed by atoms with E-state index in [4.69, 9.17) is 5.73 Å². The fourth-order valence-electron chi connectivity index (χ4n) is 3.73. The van der Waals surface area contributed by atoms with Crippen LogP contribution in [-0.4, -0.2) is 19.9 Å². The molecular weight excluding hydrogens is 414 g/mol. The van der Waals surface area contributed by atoms with Crippen LogP contribution in [0.15, 0.2) is 113 Å². The molecule has 1 aliphatic rings. The Labute approximate surface area is 207 Å². The van der Waals surface area contributed by atoms with Crippen molar-refractivity contribution in [2.75, 3.05) is 18.5 Å². The van der Waals surface area contributed by atoms with Crippen LogP contribution in [-0.2, 0) is 0 Å². The third-order valence-corrected chi connectivity index (χ3v) is 5.39. The van der Waals surface area contributed by atoms with Crippen molar-refractivity contribution in [2.24, 2.45) is 10.7 Å². The molecule has 0 amide bonds. The molecule has 2 N–H and O–H groups in total. The fraction of sp³-hybridized carbons (Fsp3) is 0.258. The van der Waals surface area contributed by atoms with Gasteiger partial charge in [-0.15, -0.1) is 0 Å². The molecule has 0 aromatic heterocycles. The minimum absolute atomic E-state index is 0.910. The molecule has 34 heavy (non-hydrogen) atoms. The van der Waals surface area contributed by atoms with E-state index in [1.54, 1.807) is 7.05 Å². The number of allylic oxidation sites excluding steroid dienone is 6. The molecule has 0 radical (unpaired) electrons. The van der Waals surface area contributed by atoms with Crippen molar-refractivity contribution in [3.63, 3.8) is 0 Å². The van der Waals surface area contributed by atoms with E-state index in [-0.39, 0.29) is 0 Å². The molecule has 1 aliphatic heterocycles. The summed E-state index contributed by atoms with van der Waals surface area (Å²) in [5.41, 5.74) is 14.4. The van der Waals surface area contributed by atoms with Crippen molar-refractivity contribution in [3.8, 4) is 0 Å². The van der Waals surface area contributed by atoms with Crippen LogP contribution in [0.2, 0.25) is 0 Å². The minimum atomic E-state index is 0.910. The molecule has 0 spiro atoms. The zero-order valence-electron chi connectivity index (χ0n) is 22.0. The first-order valence-corrected chi connectivity index (χ1v) is 12.0. The first kappa shape index (κ1) is 28.4. The Kier molecular flexibility index (Phi) is 12.8. The highest BCUT2D eigenvalue weighted by atomic mass is 15.1. The average molecular weight is 456 g/mol. The molecule has 0 atom stereocenters. The van der Waals surface area contributed by atoms with Gasteiger partial charge in [0.1, 0.15) is 0 Å². The van der Waals surface area contributed by atoms with Gasteiger partial charge in [-0.1, -0.05) is 98.8 Å². The van der Waals surface area contributed by atoms with Crippen LogP contribution in [0.25, 0.3) is 5.57 Å². The van der Waals surface area contributed by atoms with Gasteiger partial charge in [0.15, 0.2) is 0 Å². The third-order valence-electron chi connectivity index (χ3n) is 5.39. The smallest absolute Gasteiger partial charge is 0.0794 e. The van der Waals surface area contributed by atoms with Crippen molar-refractivity contribution in [1.82, 2.24) is 0 Å². The second kappa shape index (κ2) is 15.3. The zero-order valence-corrected chi connectivity index (χ0v) is 22.0. The van der Waals surface area contributed by atoms with Gasteiger partial charge in [0, 0.05) is 41.7 Å². The van der Waals surface area contributed by atoms with Gasteiger partial charge in [0.05, 0.1) is 6.34 Å². The number of anilines is 1. The summed E-state index contributed by atoms with van der Waals surface area (Å²) in [6.07, 6.45) is 9.85. The second-order valence-electron chi connectivity index (χ2n) is 7.35. The molecule has 180 valence electrons. The van der Waals surface area contributed by atoms with E-state index in [2.05, 4.69) is 123 Å². The Hall–Kier alpha value is -3.59. The number of hydrogen-bond acceptors (Lipinski definition) is 2. The van der Waals surface area contributed by atoms with Crippen molar-refractivity contribution in [3.05, 3.63) is 119 Å². The van der Waals surface area contributed by atoms with Crippen LogP contribution in [0.3, 0.4) is 0 Å². The first-order chi connectivity index (χ1) is 16.5. The monoisotopic (exact) mass is 455 g/mol. The number of rotatable bonds is 5. The maximum Gasteiger partial charge on any atom is 0.0794 e. The van der Waals surface area contributed by atoms with E-state index in [9.17, 15) is 0 Å². The Bertz CT molecular complexity index is 1060. The van der Waals surface area contributed by atoms with Crippen molar-refractivity contribution >= 4 is 17.6 Å². The molecule has 3 heteroatoms. The number of fused-ring (bicyclic) bond motifs is 1. The maximum atomic E-state index is 4.74. The molecule has 0 aliphatic carbocycles. The predicted octanol–water partition coefficient (Wildman–Crippen LogP) is 7.94. The van der Waals surface area contributed by atoms with E-state index in [0.717, 1.165) is 12.1 Å². The average Bonchev–Trinajstić information content (AvgIpc) is 2.91. The molecule has 2 aromatic rings. The molecule has 0 fully saturated rings. The molecule has 3 rings (SSSR count). The lowest BCUT2D eigenvalue weighted by molar-refractivity contribution is 0.950. The number of para-hydroxylation sites is 1. The summed E-state index contributed by atoms with van der Waals surface area (Å²) < 4.78 is 0. The Morgan fingerprint density at radius 2 is 1.59 bits per heavy atom. The summed E-state index contributed by atoms with van der Waals surface area (Å²) in [5, 5.41) is 0. The summed E-state index contributed by atoms with van der Waals surface area (Å²) in [6, 6.07) is 19.3. The minimum Gasteiger partial charge on any atom is -0.390 e. The predicted molar refractivity (Wildman–Crippen MR) is 153 cm³/mol. The molecule has 0 bridgehead atoms. The van der Waals surface area contributed by atoms with E-state index in [1.165, 1.54) is 45.6 Å². The molecular formula is C31H41N3. The molecule has 2 aromatic carbocycles. The first-order valence-electron chi connectivity index (χ1n) is 12.0. The van der Waals surface area contributed by atoms with Crippen LogP contribution >= 0.6 is 0 Å².